The van der Waals surface area contributed by atoms with Crippen molar-refractivity contribution in [3.8, 4) is 0 Å². The maximum Gasteiger partial charge on any atom is 0.342 e. The van der Waals surface area contributed by atoms with Crippen LogP contribution in [0.3, 0.4) is 0 Å². The molecule has 0 bridgehead atoms. The van der Waals surface area contributed by atoms with E-state index >= 15 is 0 Å². The van der Waals surface area contributed by atoms with Gasteiger partial charge in [0.15, 0.2) is 11.6 Å². The van der Waals surface area contributed by atoms with Crippen molar-refractivity contribution in [1.29, 1.82) is 0 Å². The van der Waals surface area contributed by atoms with Gasteiger partial charge in [-0.25, -0.2) is 4.79 Å². The summed E-state index contributed by atoms with van der Waals surface area (Å²) >= 11 is 0. The maximum atomic E-state index is 11.1. The molecule has 68 valence electrons. The fourth-order valence-electron chi connectivity index (χ4n) is 0.877. The molecule has 4 heteroatoms. The van der Waals surface area contributed by atoms with Gasteiger partial charge in [0.05, 0.1) is 6.61 Å². The van der Waals surface area contributed by atoms with E-state index in [1.807, 2.05) is 0 Å². The van der Waals surface area contributed by atoms with Crippen molar-refractivity contribution in [3.05, 3.63) is 23.8 Å². The summed E-state index contributed by atoms with van der Waals surface area (Å²) in [7, 11) is 0. The lowest BCUT2D eigenvalue weighted by Crippen LogP contribution is -2.18. The van der Waals surface area contributed by atoms with Gasteiger partial charge in [-0.05, 0) is 19.1 Å². The van der Waals surface area contributed by atoms with Gasteiger partial charge >= 0.3 is 5.97 Å². The van der Waals surface area contributed by atoms with E-state index < -0.39 is 11.8 Å². The Labute approximate surface area is 74.9 Å². The molecule has 0 radical (unpaired) electrons. The standard InChI is InChI=1S/C9H8O4/c1-2-13-9(12)7-5-6(10)3-4-8(7)11/h3-5H,2H2,1H3. The van der Waals surface area contributed by atoms with Gasteiger partial charge in [0, 0.05) is 6.08 Å². The molecule has 13 heavy (non-hydrogen) atoms. The Kier molecular flexibility index (Phi) is 2.74. The number of carbonyl (C=O) groups is 3. The topological polar surface area (TPSA) is 60.4 Å². The van der Waals surface area contributed by atoms with E-state index in [-0.39, 0.29) is 18.0 Å². The van der Waals surface area contributed by atoms with Gasteiger partial charge in [-0.15, -0.1) is 0 Å². The Hall–Kier alpha value is -1.71. The molecule has 0 aromatic carbocycles. The Morgan fingerprint density at radius 2 is 2.08 bits per heavy atom. The third kappa shape index (κ3) is 2.11. The van der Waals surface area contributed by atoms with Crippen molar-refractivity contribution in [2.24, 2.45) is 0 Å². The summed E-state index contributed by atoms with van der Waals surface area (Å²) in [6.07, 6.45) is 3.17. The van der Waals surface area contributed by atoms with Crippen LogP contribution in [0.2, 0.25) is 0 Å². The summed E-state index contributed by atoms with van der Waals surface area (Å²) < 4.78 is 4.59. The van der Waals surface area contributed by atoms with Crippen LogP contribution in [0.25, 0.3) is 0 Å². The summed E-state index contributed by atoms with van der Waals surface area (Å²) in [4.78, 5) is 32.9. The van der Waals surface area contributed by atoms with Crippen molar-refractivity contribution >= 4 is 17.5 Å². The monoisotopic (exact) mass is 180 g/mol. The summed E-state index contributed by atoms with van der Waals surface area (Å²) in [6, 6.07) is 0. The maximum absolute atomic E-state index is 11.1. The molecule has 4 nitrogen and oxygen atoms in total. The van der Waals surface area contributed by atoms with E-state index in [0.29, 0.717) is 0 Å². The molecule has 1 aliphatic carbocycles. The van der Waals surface area contributed by atoms with Gasteiger partial charge < -0.3 is 4.74 Å². The Bertz CT molecular complexity index is 323. The van der Waals surface area contributed by atoms with Crippen LogP contribution in [0.1, 0.15) is 6.92 Å². The minimum atomic E-state index is -0.745. The van der Waals surface area contributed by atoms with Crippen LogP contribution in [-0.2, 0) is 19.1 Å². The molecule has 1 rings (SSSR count). The van der Waals surface area contributed by atoms with Crippen LogP contribution in [0.15, 0.2) is 23.8 Å². The largest absolute Gasteiger partial charge is 0.462 e. The molecule has 0 N–H and O–H groups in total. The Balaban J connectivity index is 2.84. The summed E-state index contributed by atoms with van der Waals surface area (Å²) in [5.41, 5.74) is -0.200. The van der Waals surface area contributed by atoms with E-state index in [1.165, 1.54) is 0 Å². The molecule has 0 saturated heterocycles. The smallest absolute Gasteiger partial charge is 0.342 e. The Morgan fingerprint density at radius 3 is 2.69 bits per heavy atom. The van der Waals surface area contributed by atoms with Crippen molar-refractivity contribution in [2.75, 3.05) is 6.61 Å². The molecule has 0 fully saturated rings. The lowest BCUT2D eigenvalue weighted by atomic mass is 10.0. The molecule has 0 aliphatic heterocycles. The number of ether oxygens (including phenoxy) is 1. The van der Waals surface area contributed by atoms with Crippen molar-refractivity contribution < 1.29 is 19.1 Å². The highest BCUT2D eigenvalue weighted by molar-refractivity contribution is 6.28. The molecule has 0 aromatic rings. The van der Waals surface area contributed by atoms with Crippen LogP contribution in [-0.4, -0.2) is 24.1 Å². The number of hydrogen-bond acceptors (Lipinski definition) is 4. The Morgan fingerprint density at radius 1 is 1.38 bits per heavy atom. The van der Waals surface area contributed by atoms with E-state index in [2.05, 4.69) is 4.74 Å². The predicted octanol–water partition coefficient (Wildman–Crippen LogP) is 0.184. The SMILES string of the molecule is CCOC(=O)C1=CC(=O)C=CC1=O. The van der Waals surface area contributed by atoms with Gasteiger partial charge in [0.2, 0.25) is 0 Å². The average Bonchev–Trinajstić information content (AvgIpc) is 2.09. The molecule has 0 unspecified atom stereocenters. The highest BCUT2D eigenvalue weighted by atomic mass is 16.5. The predicted molar refractivity (Wildman–Crippen MR) is 43.9 cm³/mol. The lowest BCUT2D eigenvalue weighted by molar-refractivity contribution is -0.139. The molecule has 0 atom stereocenters. The van der Waals surface area contributed by atoms with Gasteiger partial charge in [0.25, 0.3) is 0 Å². The molecule has 0 spiro atoms. The number of ketones is 2. The molecule has 0 amide bonds. The number of hydrogen-bond donors (Lipinski definition) is 0. The average molecular weight is 180 g/mol. The normalized spacial score (nSPS) is 15.6. The molecule has 0 saturated carbocycles. The minimum Gasteiger partial charge on any atom is -0.462 e. The summed E-state index contributed by atoms with van der Waals surface area (Å²) in [6.45, 7) is 1.81. The molecular weight excluding hydrogens is 172 g/mol. The van der Waals surface area contributed by atoms with Crippen LogP contribution in [0.5, 0.6) is 0 Å². The number of carbonyl (C=O) groups excluding carboxylic acids is 3. The quantitative estimate of drug-likeness (QED) is 0.345. The van der Waals surface area contributed by atoms with Crippen molar-refractivity contribution in [2.45, 2.75) is 6.92 Å². The molecule has 0 aromatic heterocycles. The minimum absolute atomic E-state index is 0.182. The van der Waals surface area contributed by atoms with Crippen molar-refractivity contribution in [1.82, 2.24) is 0 Å². The zero-order valence-electron chi connectivity index (χ0n) is 7.07. The highest BCUT2D eigenvalue weighted by Crippen LogP contribution is 2.06. The zero-order valence-corrected chi connectivity index (χ0v) is 7.07. The third-order valence-electron chi connectivity index (χ3n) is 1.45. The second kappa shape index (κ2) is 3.80. The fourth-order valence-corrected chi connectivity index (χ4v) is 0.877. The van der Waals surface area contributed by atoms with Crippen LogP contribution in [0.4, 0.5) is 0 Å². The summed E-state index contributed by atoms with van der Waals surface area (Å²) in [5.74, 6) is -1.61. The second-order valence-corrected chi connectivity index (χ2v) is 2.38. The first-order valence-corrected chi connectivity index (χ1v) is 3.80. The van der Waals surface area contributed by atoms with Crippen LogP contribution < -0.4 is 0 Å². The highest BCUT2D eigenvalue weighted by Gasteiger charge is 2.21. The van der Waals surface area contributed by atoms with Gasteiger partial charge in [-0.2, -0.15) is 0 Å². The molecular formula is C9H8O4. The first kappa shape index (κ1) is 9.38. The molecule has 0 heterocycles. The van der Waals surface area contributed by atoms with Crippen LogP contribution in [0, 0.1) is 0 Å². The second-order valence-electron chi connectivity index (χ2n) is 2.38. The van der Waals surface area contributed by atoms with E-state index in [1.54, 1.807) is 6.92 Å². The third-order valence-corrected chi connectivity index (χ3v) is 1.45. The van der Waals surface area contributed by atoms with E-state index in [0.717, 1.165) is 18.2 Å². The first-order chi connectivity index (χ1) is 6.15. The number of allylic oxidation sites excluding steroid dienone is 3. The van der Waals surface area contributed by atoms with E-state index in [4.69, 9.17) is 0 Å². The number of rotatable bonds is 2. The fraction of sp³-hybridized carbons (Fsp3) is 0.222. The first-order valence-electron chi connectivity index (χ1n) is 3.80. The van der Waals surface area contributed by atoms with Crippen molar-refractivity contribution in [3.63, 3.8) is 0 Å². The van der Waals surface area contributed by atoms with Gasteiger partial charge in [0.1, 0.15) is 5.57 Å². The van der Waals surface area contributed by atoms with E-state index in [9.17, 15) is 14.4 Å². The van der Waals surface area contributed by atoms with Gasteiger partial charge in [-0.3, -0.25) is 9.59 Å². The molecule has 1 aliphatic rings. The summed E-state index contributed by atoms with van der Waals surface area (Å²) in [5, 5.41) is 0. The van der Waals surface area contributed by atoms with Gasteiger partial charge in [-0.1, -0.05) is 0 Å². The lowest BCUT2D eigenvalue weighted by Gasteiger charge is -2.04. The zero-order chi connectivity index (χ0) is 9.84. The van der Waals surface area contributed by atoms with Crippen LogP contribution >= 0.6 is 0 Å². The number of esters is 1.